The number of primary sulfonamides is 1. The molecule has 124 valence electrons. The average Bonchev–Trinajstić information content (AvgIpc) is 3.07. The van der Waals surface area contributed by atoms with Gasteiger partial charge in [0.05, 0.1) is 28.9 Å². The fourth-order valence-electron chi connectivity index (χ4n) is 3.28. The van der Waals surface area contributed by atoms with Gasteiger partial charge >= 0.3 is 5.97 Å². The molecule has 0 spiro atoms. The van der Waals surface area contributed by atoms with Crippen molar-refractivity contribution in [2.45, 2.75) is 29.9 Å². The number of aliphatic carboxylic acids is 1. The first-order valence-corrected chi connectivity index (χ1v) is 8.64. The Kier molecular flexibility index (Phi) is 3.86. The summed E-state index contributed by atoms with van der Waals surface area (Å²) < 4.78 is 27.9. The number of ether oxygens (including phenoxy) is 1. The molecule has 2 fully saturated rings. The lowest BCUT2D eigenvalue weighted by Gasteiger charge is -2.23. The van der Waals surface area contributed by atoms with Gasteiger partial charge in [0.15, 0.2) is 0 Å². The van der Waals surface area contributed by atoms with E-state index >= 15 is 0 Å². The number of anilines is 1. The summed E-state index contributed by atoms with van der Waals surface area (Å²) in [5.41, 5.74) is 0.370. The minimum absolute atomic E-state index is 0.0674. The Morgan fingerprint density at radius 3 is 2.22 bits per heavy atom. The molecule has 2 aliphatic heterocycles. The molecule has 8 nitrogen and oxygen atoms in total. The van der Waals surface area contributed by atoms with Crippen LogP contribution in [0.1, 0.15) is 12.8 Å². The van der Waals surface area contributed by atoms with Gasteiger partial charge in [-0.05, 0) is 37.1 Å². The van der Waals surface area contributed by atoms with Gasteiger partial charge in [0, 0.05) is 5.69 Å². The minimum atomic E-state index is -3.80. The van der Waals surface area contributed by atoms with E-state index < -0.39 is 39.8 Å². The molecule has 0 unspecified atom stereocenters. The highest BCUT2D eigenvalue weighted by atomic mass is 32.2. The molecule has 4 atom stereocenters. The van der Waals surface area contributed by atoms with Crippen LogP contribution in [0.15, 0.2) is 29.2 Å². The van der Waals surface area contributed by atoms with Crippen molar-refractivity contribution in [2.24, 2.45) is 17.0 Å². The van der Waals surface area contributed by atoms with Crippen LogP contribution in [0.2, 0.25) is 0 Å². The number of carbonyl (C=O) groups is 2. The Morgan fingerprint density at radius 1 is 1.13 bits per heavy atom. The summed E-state index contributed by atoms with van der Waals surface area (Å²) in [6, 6.07) is 5.36. The third kappa shape index (κ3) is 2.94. The summed E-state index contributed by atoms with van der Waals surface area (Å²) >= 11 is 0. The number of nitrogens with one attached hydrogen (secondary N) is 1. The van der Waals surface area contributed by atoms with Gasteiger partial charge < -0.3 is 15.2 Å². The molecule has 1 aromatic rings. The third-order valence-electron chi connectivity index (χ3n) is 4.31. The average molecular weight is 340 g/mol. The van der Waals surface area contributed by atoms with Crippen molar-refractivity contribution in [2.75, 3.05) is 5.32 Å². The summed E-state index contributed by atoms with van der Waals surface area (Å²) in [7, 11) is -3.80. The second-order valence-electron chi connectivity index (χ2n) is 5.74. The molecule has 2 heterocycles. The first kappa shape index (κ1) is 15.9. The Labute approximate surface area is 132 Å². The molecule has 1 amide bonds. The number of hydrogen-bond donors (Lipinski definition) is 3. The lowest BCUT2D eigenvalue weighted by molar-refractivity contribution is -0.147. The van der Waals surface area contributed by atoms with E-state index in [0.717, 1.165) is 0 Å². The van der Waals surface area contributed by atoms with Crippen molar-refractivity contribution in [3.63, 3.8) is 0 Å². The number of sulfonamides is 1. The van der Waals surface area contributed by atoms with Gasteiger partial charge in [0.2, 0.25) is 15.9 Å². The lowest BCUT2D eigenvalue weighted by atomic mass is 9.78. The Hall–Kier alpha value is -1.97. The zero-order valence-electron chi connectivity index (χ0n) is 12.0. The Balaban J connectivity index is 1.75. The molecule has 0 aromatic heterocycles. The van der Waals surface area contributed by atoms with E-state index in [4.69, 9.17) is 9.88 Å². The summed E-state index contributed by atoms with van der Waals surface area (Å²) in [6.07, 6.45) is 0.508. The highest BCUT2D eigenvalue weighted by molar-refractivity contribution is 7.89. The summed E-state index contributed by atoms with van der Waals surface area (Å²) in [5.74, 6) is -3.07. The molecule has 0 saturated carbocycles. The predicted molar refractivity (Wildman–Crippen MR) is 79.0 cm³/mol. The zero-order chi connectivity index (χ0) is 16.8. The van der Waals surface area contributed by atoms with Gasteiger partial charge in [-0.25, -0.2) is 13.6 Å². The summed E-state index contributed by atoms with van der Waals surface area (Å²) in [4.78, 5) is 23.7. The van der Waals surface area contributed by atoms with Crippen molar-refractivity contribution >= 4 is 27.6 Å². The van der Waals surface area contributed by atoms with Crippen molar-refractivity contribution in [1.29, 1.82) is 0 Å². The van der Waals surface area contributed by atoms with Crippen LogP contribution in [0.4, 0.5) is 5.69 Å². The van der Waals surface area contributed by atoms with E-state index in [1.165, 1.54) is 24.3 Å². The Bertz CT molecular complexity index is 745. The topological polar surface area (TPSA) is 136 Å². The minimum Gasteiger partial charge on any atom is -0.481 e. The summed E-state index contributed by atoms with van der Waals surface area (Å²) in [6.45, 7) is 0. The number of fused-ring (bicyclic) bond motifs is 2. The fraction of sp³-hybridized carbons (Fsp3) is 0.429. The van der Waals surface area contributed by atoms with Gasteiger partial charge in [-0.3, -0.25) is 9.59 Å². The number of rotatable bonds is 4. The van der Waals surface area contributed by atoms with Crippen LogP contribution >= 0.6 is 0 Å². The third-order valence-corrected chi connectivity index (χ3v) is 5.24. The molecule has 0 radical (unpaired) electrons. The highest BCUT2D eigenvalue weighted by Crippen LogP contribution is 2.44. The normalized spacial score (nSPS) is 29.4. The summed E-state index contributed by atoms with van der Waals surface area (Å²) in [5, 5.41) is 16.9. The van der Waals surface area contributed by atoms with Gasteiger partial charge in [-0.1, -0.05) is 0 Å². The van der Waals surface area contributed by atoms with E-state index in [2.05, 4.69) is 5.32 Å². The lowest BCUT2D eigenvalue weighted by Crippen LogP contribution is -2.40. The first-order valence-electron chi connectivity index (χ1n) is 7.09. The molecule has 23 heavy (non-hydrogen) atoms. The van der Waals surface area contributed by atoms with Crippen LogP contribution in [0.5, 0.6) is 0 Å². The molecule has 2 bridgehead atoms. The van der Waals surface area contributed by atoms with Crippen molar-refractivity contribution in [3.05, 3.63) is 24.3 Å². The maximum Gasteiger partial charge on any atom is 0.310 e. The molecule has 4 N–H and O–H groups in total. The maximum absolute atomic E-state index is 12.4. The van der Waals surface area contributed by atoms with E-state index in [-0.39, 0.29) is 11.0 Å². The molecule has 2 aliphatic rings. The zero-order valence-corrected chi connectivity index (χ0v) is 12.8. The highest BCUT2D eigenvalue weighted by Gasteiger charge is 2.55. The number of carboxylic acid groups (broad SMARTS) is 1. The number of nitrogens with two attached hydrogens (primary N) is 1. The van der Waals surface area contributed by atoms with Gasteiger partial charge in [0.25, 0.3) is 0 Å². The standard InChI is InChI=1S/C14H16N2O6S/c15-23(20,21)8-3-1-7(2-4-8)16-13(17)11-9-5-6-10(22-9)12(11)14(18)19/h1-4,9-12H,5-6H2,(H,16,17)(H,18,19)(H2,15,20,21)/t9-,10-,11+,12-/m0/s1. The van der Waals surface area contributed by atoms with Crippen LogP contribution in [-0.4, -0.2) is 37.6 Å². The molecule has 0 aliphatic carbocycles. The monoisotopic (exact) mass is 340 g/mol. The largest absolute Gasteiger partial charge is 0.481 e. The molecular formula is C14H16N2O6S. The van der Waals surface area contributed by atoms with E-state index in [1.807, 2.05) is 0 Å². The van der Waals surface area contributed by atoms with E-state index in [9.17, 15) is 23.1 Å². The number of benzene rings is 1. The van der Waals surface area contributed by atoms with Crippen LogP contribution < -0.4 is 10.5 Å². The van der Waals surface area contributed by atoms with Crippen molar-refractivity contribution in [3.8, 4) is 0 Å². The molecular weight excluding hydrogens is 324 g/mol. The smallest absolute Gasteiger partial charge is 0.310 e. The van der Waals surface area contributed by atoms with Crippen LogP contribution in [0.25, 0.3) is 0 Å². The number of amides is 1. The number of carbonyl (C=O) groups excluding carboxylic acids is 1. The second-order valence-corrected chi connectivity index (χ2v) is 7.30. The number of hydrogen-bond acceptors (Lipinski definition) is 5. The van der Waals surface area contributed by atoms with Crippen LogP contribution in [0.3, 0.4) is 0 Å². The fourth-order valence-corrected chi connectivity index (χ4v) is 3.79. The predicted octanol–water partition coefficient (Wildman–Crippen LogP) is 0.151. The maximum atomic E-state index is 12.4. The van der Waals surface area contributed by atoms with Crippen LogP contribution in [0, 0.1) is 11.8 Å². The van der Waals surface area contributed by atoms with E-state index in [1.54, 1.807) is 0 Å². The second kappa shape index (κ2) is 5.59. The SMILES string of the molecule is NS(=O)(=O)c1ccc(NC(=O)[C@H]2[C@@H](C(=O)O)[C@@H]3CC[C@@H]2O3)cc1. The van der Waals surface area contributed by atoms with Gasteiger partial charge in [-0.2, -0.15) is 0 Å². The van der Waals surface area contributed by atoms with Gasteiger partial charge in [-0.15, -0.1) is 0 Å². The molecule has 3 rings (SSSR count). The number of carboxylic acids is 1. The van der Waals surface area contributed by atoms with E-state index in [0.29, 0.717) is 18.5 Å². The van der Waals surface area contributed by atoms with Gasteiger partial charge in [0.1, 0.15) is 0 Å². The molecule has 1 aromatic carbocycles. The molecule has 2 saturated heterocycles. The Morgan fingerprint density at radius 2 is 1.70 bits per heavy atom. The van der Waals surface area contributed by atoms with Crippen molar-refractivity contribution in [1.82, 2.24) is 0 Å². The van der Waals surface area contributed by atoms with Crippen LogP contribution in [-0.2, 0) is 24.3 Å². The quantitative estimate of drug-likeness (QED) is 0.714. The first-order chi connectivity index (χ1) is 10.8. The van der Waals surface area contributed by atoms with Crippen molar-refractivity contribution < 1.29 is 27.9 Å². The molecule has 9 heteroatoms.